The van der Waals surface area contributed by atoms with E-state index in [9.17, 15) is 9.46 Å². The number of unbranched alkanes of at least 4 members (excludes halogenated alkanes) is 30. The van der Waals surface area contributed by atoms with E-state index in [0.29, 0.717) is 19.8 Å². The van der Waals surface area contributed by atoms with E-state index in [2.05, 4.69) is 13.8 Å². The number of aliphatic hydroxyl groups excluding tert-OH is 1. The highest BCUT2D eigenvalue weighted by molar-refractivity contribution is 7.47. The molecule has 0 aliphatic carbocycles. The third kappa shape index (κ3) is 46.2. The van der Waals surface area contributed by atoms with Gasteiger partial charge in [0.1, 0.15) is 0 Å². The van der Waals surface area contributed by atoms with Crippen molar-refractivity contribution in [3.05, 3.63) is 0 Å². The van der Waals surface area contributed by atoms with Crippen LogP contribution in [0.3, 0.4) is 0 Å². The molecular weight excluding hydrogens is 581 g/mol. The Balaban J connectivity index is 0. The summed E-state index contributed by atoms with van der Waals surface area (Å²) in [5, 5.41) is 7.75. The summed E-state index contributed by atoms with van der Waals surface area (Å²) < 4.78 is 22.4. The number of rotatable bonds is 37. The van der Waals surface area contributed by atoms with Crippen LogP contribution in [-0.4, -0.2) is 36.4 Å². The van der Waals surface area contributed by atoms with E-state index in [-0.39, 0.29) is 6.61 Å². The molecule has 0 aliphatic heterocycles. The molecule has 0 aromatic heterocycles. The summed E-state index contributed by atoms with van der Waals surface area (Å²) in [6.07, 6.45) is 42.2. The van der Waals surface area contributed by atoms with Gasteiger partial charge >= 0.3 is 7.82 Å². The maximum absolute atomic E-state index is 12.0. The van der Waals surface area contributed by atoms with Crippen molar-refractivity contribution < 1.29 is 23.6 Å². The lowest BCUT2D eigenvalue weighted by Gasteiger charge is -2.12. The second kappa shape index (κ2) is 42.1. The van der Waals surface area contributed by atoms with Crippen molar-refractivity contribution in [3.63, 3.8) is 0 Å². The normalized spacial score (nSPS) is 11.6. The summed E-state index contributed by atoms with van der Waals surface area (Å²) in [5.74, 6) is 0. The van der Waals surface area contributed by atoms with Gasteiger partial charge in [0.15, 0.2) is 0 Å². The maximum atomic E-state index is 12.0. The monoisotopic (exact) mass is 664 g/mol. The quantitative estimate of drug-likeness (QED) is 0.0451. The number of hydrogen-bond acceptors (Lipinski definition) is 5. The van der Waals surface area contributed by atoms with E-state index in [0.717, 1.165) is 25.7 Å². The lowest BCUT2D eigenvalue weighted by atomic mass is 10.0. The molecule has 0 atom stereocenters. The summed E-state index contributed by atoms with van der Waals surface area (Å²) in [6, 6.07) is 0. The maximum Gasteiger partial charge on any atom is 0.472 e. The van der Waals surface area contributed by atoms with Gasteiger partial charge in [0.05, 0.1) is 19.8 Å². The largest absolute Gasteiger partial charge is 0.472 e. The highest BCUT2D eigenvalue weighted by Crippen LogP contribution is 2.43. The zero-order valence-electron chi connectivity index (χ0n) is 30.6. The Morgan fingerprint density at radius 2 is 0.600 bits per heavy atom. The van der Waals surface area contributed by atoms with Gasteiger partial charge in [-0.25, -0.2) is 4.57 Å². The first kappa shape index (κ1) is 47.1. The van der Waals surface area contributed by atoms with Crippen molar-refractivity contribution in [3.8, 4) is 0 Å². The third-order valence-corrected chi connectivity index (χ3v) is 9.65. The van der Waals surface area contributed by atoms with Crippen molar-refractivity contribution in [1.82, 2.24) is 0 Å². The number of phosphoric ester groups is 1. The Labute approximate surface area is 282 Å². The van der Waals surface area contributed by atoms with Crippen LogP contribution in [-0.2, 0) is 13.6 Å². The minimum absolute atomic E-state index is 0.0972. The highest BCUT2D eigenvalue weighted by atomic mass is 31.2. The summed E-state index contributed by atoms with van der Waals surface area (Å²) in [5.41, 5.74) is 4.78. The van der Waals surface area contributed by atoms with Gasteiger partial charge < -0.3 is 15.7 Å². The predicted octanol–water partition coefficient (Wildman–Crippen LogP) is 12.6. The van der Waals surface area contributed by atoms with Crippen LogP contribution in [0.15, 0.2) is 0 Å². The molecule has 0 spiro atoms. The lowest BCUT2D eigenvalue weighted by Crippen LogP contribution is -2.02. The predicted molar refractivity (Wildman–Crippen MR) is 197 cm³/mol. The number of hydrogen-bond donors (Lipinski definition) is 3. The molecule has 0 saturated carbocycles. The molecule has 0 aromatic rings. The molecule has 274 valence electrons. The summed E-state index contributed by atoms with van der Waals surface area (Å²) in [4.78, 5) is 9.88. The van der Waals surface area contributed by atoms with Gasteiger partial charge in [-0.15, -0.1) is 0 Å². The Kier molecular flexibility index (Phi) is 44.1. The molecule has 0 amide bonds. The van der Waals surface area contributed by atoms with Crippen LogP contribution >= 0.6 is 7.82 Å². The fourth-order valence-electron chi connectivity index (χ4n) is 5.70. The first-order valence-corrected chi connectivity index (χ1v) is 21.5. The molecule has 0 heterocycles. The van der Waals surface area contributed by atoms with Crippen molar-refractivity contribution in [1.29, 1.82) is 0 Å². The van der Waals surface area contributed by atoms with Crippen LogP contribution in [0.2, 0.25) is 0 Å². The van der Waals surface area contributed by atoms with Gasteiger partial charge in [0.25, 0.3) is 0 Å². The van der Waals surface area contributed by atoms with E-state index >= 15 is 0 Å². The van der Waals surface area contributed by atoms with Crippen LogP contribution in [0.5, 0.6) is 0 Å². The van der Waals surface area contributed by atoms with Crippen LogP contribution in [0.1, 0.15) is 219 Å². The molecule has 0 rings (SSSR count). The molecule has 0 bridgehead atoms. The number of phosphoric acid groups is 1. The molecule has 0 aliphatic rings. The van der Waals surface area contributed by atoms with Gasteiger partial charge in [0, 0.05) is 6.54 Å². The highest BCUT2D eigenvalue weighted by Gasteiger charge is 2.19. The van der Waals surface area contributed by atoms with E-state index in [1.807, 2.05) is 0 Å². The summed E-state index contributed by atoms with van der Waals surface area (Å²) in [6.45, 7) is 5.68. The van der Waals surface area contributed by atoms with Gasteiger partial charge in [-0.1, -0.05) is 206 Å². The van der Waals surface area contributed by atoms with Crippen molar-refractivity contribution >= 4 is 7.82 Å². The third-order valence-electron chi connectivity index (χ3n) is 8.63. The fourth-order valence-corrected chi connectivity index (χ4v) is 6.49. The summed E-state index contributed by atoms with van der Waals surface area (Å²) >= 11 is 0. The number of aliphatic hydroxyl groups is 1. The van der Waals surface area contributed by atoms with Gasteiger partial charge in [-0.2, -0.15) is 0 Å². The minimum Gasteiger partial charge on any atom is -0.395 e. The molecule has 0 saturated heterocycles. The Morgan fingerprint density at radius 3 is 0.778 bits per heavy atom. The molecule has 6 nitrogen and oxygen atoms in total. The molecule has 0 aromatic carbocycles. The van der Waals surface area contributed by atoms with Crippen LogP contribution in [0.25, 0.3) is 0 Å². The molecule has 0 fully saturated rings. The molecule has 45 heavy (non-hydrogen) atoms. The summed E-state index contributed by atoms with van der Waals surface area (Å²) in [7, 11) is -3.87. The lowest BCUT2D eigenvalue weighted by molar-refractivity contribution is 0.145. The van der Waals surface area contributed by atoms with Crippen LogP contribution < -0.4 is 5.73 Å². The standard InChI is InChI=1S/C36H75O4P.C2H7NO/c1-3-5-7-9-11-13-15-17-19-21-23-25-27-29-31-33-35-39-41(37,38)40-36-34-32-30-28-26-24-22-20-18-16-14-12-10-8-6-4-2;3-1-2-4/h3-36H2,1-2H3,(H,37,38);4H,1-3H2. The second-order valence-electron chi connectivity index (χ2n) is 13.3. The second-order valence-corrected chi connectivity index (χ2v) is 14.7. The smallest absolute Gasteiger partial charge is 0.395 e. The van der Waals surface area contributed by atoms with E-state index < -0.39 is 7.82 Å². The van der Waals surface area contributed by atoms with Crippen molar-refractivity contribution in [2.75, 3.05) is 26.4 Å². The first-order valence-electron chi connectivity index (χ1n) is 20.0. The van der Waals surface area contributed by atoms with Crippen molar-refractivity contribution in [2.24, 2.45) is 5.73 Å². The Bertz CT molecular complexity index is 522. The molecule has 0 radical (unpaired) electrons. The Hall–Kier alpha value is 0.0300. The van der Waals surface area contributed by atoms with Gasteiger partial charge in [0.2, 0.25) is 0 Å². The van der Waals surface area contributed by atoms with E-state index in [1.54, 1.807) is 0 Å². The SMILES string of the molecule is CCCCCCCCCCCCCCCCCCOP(=O)(O)OCCCCCCCCCCCCCCCCCC.NCCO. The van der Waals surface area contributed by atoms with E-state index in [1.165, 1.54) is 180 Å². The van der Waals surface area contributed by atoms with Crippen LogP contribution in [0, 0.1) is 0 Å². The fraction of sp³-hybridized carbons (Fsp3) is 1.00. The first-order chi connectivity index (χ1) is 22.0. The average Bonchev–Trinajstić information content (AvgIpc) is 3.04. The Morgan fingerprint density at radius 1 is 0.422 bits per heavy atom. The van der Waals surface area contributed by atoms with E-state index in [4.69, 9.17) is 19.9 Å². The van der Waals surface area contributed by atoms with Gasteiger partial charge in [-0.05, 0) is 12.8 Å². The molecule has 4 N–H and O–H groups in total. The topological polar surface area (TPSA) is 102 Å². The molecule has 7 heteroatoms. The average molecular weight is 664 g/mol. The van der Waals surface area contributed by atoms with Gasteiger partial charge in [-0.3, -0.25) is 9.05 Å². The minimum atomic E-state index is -3.87. The van der Waals surface area contributed by atoms with Crippen molar-refractivity contribution in [2.45, 2.75) is 219 Å². The van der Waals surface area contributed by atoms with Crippen LogP contribution in [0.4, 0.5) is 0 Å². The zero-order valence-corrected chi connectivity index (χ0v) is 31.5. The number of nitrogens with two attached hydrogens (primary N) is 1. The zero-order chi connectivity index (χ0) is 33.4. The molecular formula is C38H82NO5P. The molecule has 0 unspecified atom stereocenters.